The highest BCUT2D eigenvalue weighted by molar-refractivity contribution is 5.92. The number of nitrogens with zero attached hydrogens (tertiary/aromatic N) is 2. The molecule has 1 heterocycles. The van der Waals surface area contributed by atoms with Crippen LogP contribution in [0.5, 0.6) is 0 Å². The van der Waals surface area contributed by atoms with Gasteiger partial charge in [0.15, 0.2) is 0 Å². The van der Waals surface area contributed by atoms with Crippen LogP contribution in [0.2, 0.25) is 0 Å². The maximum absolute atomic E-state index is 12.5. The first-order chi connectivity index (χ1) is 7.68. The van der Waals surface area contributed by atoms with Gasteiger partial charge in [0.05, 0.1) is 0 Å². The van der Waals surface area contributed by atoms with Crippen LogP contribution in [-0.4, -0.2) is 21.7 Å². The number of hydrogen-bond donors (Lipinski definition) is 1. The van der Waals surface area contributed by atoms with E-state index in [1.165, 1.54) is 12.3 Å². The van der Waals surface area contributed by atoms with E-state index in [1.807, 2.05) is 0 Å². The third-order valence-corrected chi connectivity index (χ3v) is 2.78. The van der Waals surface area contributed by atoms with Gasteiger partial charge in [-0.2, -0.15) is 18.6 Å². The summed E-state index contributed by atoms with van der Waals surface area (Å²) in [6.07, 6.45) is 5.22. The topological polar surface area (TPSA) is 46.9 Å². The van der Waals surface area contributed by atoms with E-state index >= 15 is 0 Å². The molecule has 1 N–H and O–H groups in total. The predicted molar refractivity (Wildman–Crippen MR) is 53.2 cm³/mol. The number of alkyl halides is 2. The van der Waals surface area contributed by atoms with Gasteiger partial charge >= 0.3 is 6.55 Å². The molecular formula is C10H13F2N3O. The summed E-state index contributed by atoms with van der Waals surface area (Å²) in [6, 6.07) is 1.42. The normalized spacial score (nSPS) is 16.9. The van der Waals surface area contributed by atoms with E-state index in [-0.39, 0.29) is 11.7 Å². The van der Waals surface area contributed by atoms with Crippen LogP contribution in [0.15, 0.2) is 12.3 Å². The minimum absolute atomic E-state index is 0.0816. The Balaban J connectivity index is 2.05. The molecule has 0 radical (unpaired) electrons. The van der Waals surface area contributed by atoms with Crippen molar-refractivity contribution in [3.63, 3.8) is 0 Å². The largest absolute Gasteiger partial charge is 0.348 e. The van der Waals surface area contributed by atoms with Crippen molar-refractivity contribution >= 4 is 5.91 Å². The van der Waals surface area contributed by atoms with Crippen molar-refractivity contribution in [2.24, 2.45) is 0 Å². The van der Waals surface area contributed by atoms with Crippen LogP contribution >= 0.6 is 0 Å². The van der Waals surface area contributed by atoms with Gasteiger partial charge in [-0.3, -0.25) is 4.79 Å². The first-order valence-electron chi connectivity index (χ1n) is 5.31. The van der Waals surface area contributed by atoms with E-state index in [0.717, 1.165) is 25.7 Å². The smallest absolute Gasteiger partial charge is 0.333 e. The van der Waals surface area contributed by atoms with Crippen LogP contribution in [0.4, 0.5) is 8.78 Å². The van der Waals surface area contributed by atoms with Gasteiger partial charge in [-0.05, 0) is 18.9 Å². The van der Waals surface area contributed by atoms with Gasteiger partial charge in [0, 0.05) is 12.2 Å². The van der Waals surface area contributed by atoms with Crippen LogP contribution in [0, 0.1) is 0 Å². The molecule has 0 saturated heterocycles. The lowest BCUT2D eigenvalue weighted by molar-refractivity contribution is 0.0507. The molecule has 1 aromatic heterocycles. The van der Waals surface area contributed by atoms with E-state index < -0.39 is 12.5 Å². The summed E-state index contributed by atoms with van der Waals surface area (Å²) in [6.45, 7) is -2.78. The van der Waals surface area contributed by atoms with Crippen LogP contribution in [0.3, 0.4) is 0 Å². The quantitative estimate of drug-likeness (QED) is 0.861. The molecule has 0 atom stereocenters. The van der Waals surface area contributed by atoms with Crippen LogP contribution in [-0.2, 0) is 0 Å². The zero-order chi connectivity index (χ0) is 11.5. The Kier molecular flexibility index (Phi) is 3.17. The fourth-order valence-corrected chi connectivity index (χ4v) is 1.98. The summed E-state index contributed by atoms with van der Waals surface area (Å²) in [5.41, 5.74) is -0.0816. The summed E-state index contributed by atoms with van der Waals surface area (Å²) < 4.78 is 25.3. The van der Waals surface area contributed by atoms with Crippen molar-refractivity contribution in [2.45, 2.75) is 38.3 Å². The fourth-order valence-electron chi connectivity index (χ4n) is 1.98. The fraction of sp³-hybridized carbons (Fsp3) is 0.600. The first-order valence-corrected chi connectivity index (χ1v) is 5.31. The van der Waals surface area contributed by atoms with Crippen molar-refractivity contribution in [3.05, 3.63) is 18.0 Å². The molecule has 16 heavy (non-hydrogen) atoms. The van der Waals surface area contributed by atoms with E-state index in [1.54, 1.807) is 0 Å². The predicted octanol–water partition coefficient (Wildman–Crippen LogP) is 1.95. The second-order valence-electron chi connectivity index (χ2n) is 3.89. The lowest BCUT2D eigenvalue weighted by Gasteiger charge is -2.12. The molecule has 0 bridgehead atoms. The molecule has 1 saturated carbocycles. The molecule has 88 valence electrons. The lowest BCUT2D eigenvalue weighted by Crippen LogP contribution is -2.34. The molecular weight excluding hydrogens is 216 g/mol. The molecule has 1 aliphatic rings. The van der Waals surface area contributed by atoms with Gasteiger partial charge in [0.25, 0.3) is 5.91 Å². The Labute approximate surface area is 91.6 Å². The molecule has 0 aliphatic heterocycles. The third-order valence-electron chi connectivity index (χ3n) is 2.78. The van der Waals surface area contributed by atoms with Crippen molar-refractivity contribution in [3.8, 4) is 0 Å². The van der Waals surface area contributed by atoms with Gasteiger partial charge in [-0.1, -0.05) is 12.8 Å². The Hall–Kier alpha value is -1.46. The molecule has 1 aromatic rings. The molecule has 0 unspecified atom stereocenters. The molecule has 4 nitrogen and oxygen atoms in total. The van der Waals surface area contributed by atoms with Crippen molar-refractivity contribution in [1.29, 1.82) is 0 Å². The zero-order valence-electron chi connectivity index (χ0n) is 8.70. The highest BCUT2D eigenvalue weighted by Gasteiger charge is 2.22. The first kappa shape index (κ1) is 11.0. The van der Waals surface area contributed by atoms with Gasteiger partial charge in [-0.25, -0.2) is 0 Å². The second kappa shape index (κ2) is 4.59. The Morgan fingerprint density at radius 2 is 2.19 bits per heavy atom. The number of carbonyl (C=O) groups is 1. The molecule has 1 fully saturated rings. The summed E-state index contributed by atoms with van der Waals surface area (Å²) in [5.74, 6) is -0.468. The van der Waals surface area contributed by atoms with E-state index in [0.29, 0.717) is 4.68 Å². The molecule has 6 heteroatoms. The number of aromatic nitrogens is 2. The number of amides is 1. The highest BCUT2D eigenvalue weighted by atomic mass is 19.3. The maximum atomic E-state index is 12.5. The van der Waals surface area contributed by atoms with E-state index in [2.05, 4.69) is 10.4 Å². The maximum Gasteiger partial charge on any atom is 0.333 e. The van der Waals surface area contributed by atoms with Crippen LogP contribution in [0.1, 0.15) is 42.7 Å². The zero-order valence-corrected chi connectivity index (χ0v) is 8.70. The third kappa shape index (κ3) is 2.20. The summed E-state index contributed by atoms with van der Waals surface area (Å²) in [5, 5.41) is 6.16. The molecule has 2 rings (SSSR count). The van der Waals surface area contributed by atoms with E-state index in [9.17, 15) is 13.6 Å². The van der Waals surface area contributed by atoms with Crippen molar-refractivity contribution in [1.82, 2.24) is 15.1 Å². The summed E-state index contributed by atoms with van der Waals surface area (Å²) in [7, 11) is 0. The van der Waals surface area contributed by atoms with Crippen molar-refractivity contribution < 1.29 is 13.6 Å². The summed E-state index contributed by atoms with van der Waals surface area (Å²) >= 11 is 0. The Bertz CT molecular complexity index is 372. The number of hydrogen-bond acceptors (Lipinski definition) is 2. The Morgan fingerprint density at radius 1 is 1.50 bits per heavy atom. The molecule has 1 aliphatic carbocycles. The number of halogens is 2. The Morgan fingerprint density at radius 3 is 2.81 bits per heavy atom. The highest BCUT2D eigenvalue weighted by Crippen LogP contribution is 2.18. The average Bonchev–Trinajstić information content (AvgIpc) is 2.86. The van der Waals surface area contributed by atoms with Gasteiger partial charge in [-0.15, -0.1) is 0 Å². The van der Waals surface area contributed by atoms with Crippen LogP contribution < -0.4 is 5.32 Å². The van der Waals surface area contributed by atoms with Gasteiger partial charge < -0.3 is 5.32 Å². The van der Waals surface area contributed by atoms with Crippen molar-refractivity contribution in [2.75, 3.05) is 0 Å². The SMILES string of the molecule is O=C(NC1CCCC1)c1ccnn1C(F)F. The monoisotopic (exact) mass is 229 g/mol. The summed E-state index contributed by atoms with van der Waals surface area (Å²) in [4.78, 5) is 11.7. The standard InChI is InChI=1S/C10H13F2N3O/c11-10(12)15-8(5-6-13-15)9(16)14-7-3-1-2-4-7/h5-7,10H,1-4H2,(H,14,16). The average molecular weight is 229 g/mol. The molecule has 1 amide bonds. The number of carbonyl (C=O) groups excluding carboxylic acids is 1. The van der Waals surface area contributed by atoms with Gasteiger partial charge in [0.2, 0.25) is 0 Å². The number of nitrogens with one attached hydrogen (secondary N) is 1. The van der Waals surface area contributed by atoms with Crippen LogP contribution in [0.25, 0.3) is 0 Å². The second-order valence-corrected chi connectivity index (χ2v) is 3.89. The lowest BCUT2D eigenvalue weighted by atomic mass is 10.2. The van der Waals surface area contributed by atoms with Gasteiger partial charge in [0.1, 0.15) is 5.69 Å². The minimum Gasteiger partial charge on any atom is -0.348 e. The molecule has 0 aromatic carbocycles. The molecule has 0 spiro atoms. The minimum atomic E-state index is -2.78. The number of rotatable bonds is 3. The van der Waals surface area contributed by atoms with E-state index in [4.69, 9.17) is 0 Å².